The summed E-state index contributed by atoms with van der Waals surface area (Å²) < 4.78 is 1.77. The van der Waals surface area contributed by atoms with Crippen molar-refractivity contribution in [2.75, 3.05) is 31.9 Å². The van der Waals surface area contributed by atoms with E-state index in [9.17, 15) is 4.79 Å². The number of tetrazole rings is 1. The van der Waals surface area contributed by atoms with Gasteiger partial charge in [-0.05, 0) is 38.1 Å². The van der Waals surface area contributed by atoms with E-state index in [1.54, 1.807) is 4.68 Å². The largest absolute Gasteiger partial charge is 0.331 e. The minimum Gasteiger partial charge on any atom is -0.331 e. The van der Waals surface area contributed by atoms with Crippen LogP contribution < -0.4 is 4.90 Å². The molecule has 1 aromatic carbocycles. The van der Waals surface area contributed by atoms with Crippen LogP contribution in [0.25, 0.3) is 0 Å². The maximum atomic E-state index is 12.6. The zero-order valence-electron chi connectivity index (χ0n) is 16.6. The van der Waals surface area contributed by atoms with E-state index in [1.165, 1.54) is 22.2 Å². The van der Waals surface area contributed by atoms with E-state index in [4.69, 9.17) is 0 Å². The lowest BCUT2D eigenvalue weighted by atomic mass is 10.1. The number of quaternary nitrogens is 1. The molecule has 27 heavy (non-hydrogen) atoms. The van der Waals surface area contributed by atoms with E-state index < -0.39 is 0 Å². The zero-order valence-corrected chi connectivity index (χ0v) is 17.4. The highest BCUT2D eigenvalue weighted by Crippen LogP contribution is 2.21. The highest BCUT2D eigenvalue weighted by atomic mass is 32.2. The molecule has 0 unspecified atom stereocenters. The summed E-state index contributed by atoms with van der Waals surface area (Å²) in [6.45, 7) is 12.0. The van der Waals surface area contributed by atoms with Crippen molar-refractivity contribution in [3.63, 3.8) is 0 Å². The van der Waals surface area contributed by atoms with Crippen molar-refractivity contribution in [3.05, 3.63) is 35.9 Å². The van der Waals surface area contributed by atoms with Gasteiger partial charge < -0.3 is 9.80 Å². The number of carbonyl (C=O) groups excluding carboxylic acids is 1. The highest BCUT2D eigenvalue weighted by Gasteiger charge is 2.28. The van der Waals surface area contributed by atoms with Crippen molar-refractivity contribution in [1.82, 2.24) is 25.1 Å². The molecule has 0 bridgehead atoms. The number of hydrogen-bond donors (Lipinski definition) is 1. The van der Waals surface area contributed by atoms with Crippen LogP contribution in [0.3, 0.4) is 0 Å². The maximum absolute atomic E-state index is 12.6. The van der Waals surface area contributed by atoms with Crippen LogP contribution in [-0.2, 0) is 10.3 Å². The van der Waals surface area contributed by atoms with E-state index in [1.807, 2.05) is 25.7 Å². The number of amides is 1. The molecule has 8 heteroatoms. The number of nitrogens with one attached hydrogen (secondary N) is 1. The third kappa shape index (κ3) is 4.87. The van der Waals surface area contributed by atoms with Gasteiger partial charge >= 0.3 is 0 Å². The minimum absolute atomic E-state index is 0.162. The molecule has 1 aromatic heterocycles. The molecule has 3 rings (SSSR count). The number of aromatic nitrogens is 4. The maximum Gasteiger partial charge on any atom is 0.233 e. The van der Waals surface area contributed by atoms with Crippen molar-refractivity contribution in [2.24, 2.45) is 0 Å². The molecular weight excluding hydrogens is 360 g/mol. The van der Waals surface area contributed by atoms with Gasteiger partial charge in [0.1, 0.15) is 6.04 Å². The summed E-state index contributed by atoms with van der Waals surface area (Å²) in [4.78, 5) is 16.1. The van der Waals surface area contributed by atoms with Crippen LogP contribution in [0.2, 0.25) is 0 Å². The Labute approximate surface area is 165 Å². The van der Waals surface area contributed by atoms with Crippen LogP contribution in [0.4, 0.5) is 0 Å². The Kier molecular flexibility index (Phi) is 6.16. The Hall–Kier alpha value is -1.93. The number of benzene rings is 1. The van der Waals surface area contributed by atoms with Gasteiger partial charge in [-0.15, -0.1) is 5.10 Å². The molecule has 0 aliphatic carbocycles. The molecule has 7 nitrogen and oxygen atoms in total. The summed E-state index contributed by atoms with van der Waals surface area (Å²) in [5.41, 5.74) is 1.16. The first-order valence-electron chi connectivity index (χ1n) is 9.45. The molecule has 2 heterocycles. The predicted molar refractivity (Wildman–Crippen MR) is 106 cm³/mol. The smallest absolute Gasteiger partial charge is 0.233 e. The zero-order chi connectivity index (χ0) is 19.4. The summed E-state index contributed by atoms with van der Waals surface area (Å²) in [6, 6.07) is 11.1. The number of carbonyl (C=O) groups is 1. The fourth-order valence-electron chi connectivity index (χ4n) is 3.36. The van der Waals surface area contributed by atoms with Gasteiger partial charge in [-0.3, -0.25) is 4.79 Å². The standard InChI is InChI=1S/C19H28N6OS/c1-15(16-8-6-5-7-9-16)23-10-12-24(13-11-23)17(26)14-27-18-20-21-22-25(18)19(2,3)4/h5-9,15H,10-14H2,1-4H3/p+1/t15-/m0/s1. The van der Waals surface area contributed by atoms with Crippen molar-refractivity contribution >= 4 is 17.7 Å². The van der Waals surface area contributed by atoms with Crippen molar-refractivity contribution in [1.29, 1.82) is 0 Å². The molecule has 0 spiro atoms. The molecule has 1 atom stereocenters. The van der Waals surface area contributed by atoms with Crippen molar-refractivity contribution < 1.29 is 9.69 Å². The molecular formula is C19H29N6OS+. The lowest BCUT2D eigenvalue weighted by molar-refractivity contribution is -0.933. The van der Waals surface area contributed by atoms with Gasteiger partial charge in [0.15, 0.2) is 0 Å². The third-order valence-electron chi connectivity index (χ3n) is 5.07. The number of piperazine rings is 1. The third-order valence-corrected chi connectivity index (χ3v) is 5.98. The van der Waals surface area contributed by atoms with Gasteiger partial charge in [0.05, 0.1) is 37.5 Å². The number of nitrogens with zero attached hydrogens (tertiary/aromatic N) is 5. The van der Waals surface area contributed by atoms with E-state index in [2.05, 4.69) is 52.8 Å². The Morgan fingerprint density at radius 1 is 1.22 bits per heavy atom. The topological polar surface area (TPSA) is 68.3 Å². The van der Waals surface area contributed by atoms with Gasteiger partial charge in [-0.1, -0.05) is 42.1 Å². The first-order chi connectivity index (χ1) is 12.9. The molecule has 1 fully saturated rings. The highest BCUT2D eigenvalue weighted by molar-refractivity contribution is 7.99. The number of hydrogen-bond acceptors (Lipinski definition) is 5. The van der Waals surface area contributed by atoms with Crippen LogP contribution in [0.15, 0.2) is 35.5 Å². The van der Waals surface area contributed by atoms with Crippen LogP contribution >= 0.6 is 11.8 Å². The van der Waals surface area contributed by atoms with Gasteiger partial charge in [0, 0.05) is 5.56 Å². The quantitative estimate of drug-likeness (QED) is 0.773. The SMILES string of the molecule is C[C@@H](c1ccccc1)[NH+]1CCN(C(=O)CSc2nnnn2C(C)(C)C)CC1. The van der Waals surface area contributed by atoms with Gasteiger partial charge in [0.25, 0.3) is 0 Å². The van der Waals surface area contributed by atoms with Crippen molar-refractivity contribution in [2.45, 2.75) is 44.4 Å². The summed E-state index contributed by atoms with van der Waals surface area (Å²) in [6.07, 6.45) is 0. The monoisotopic (exact) mass is 389 g/mol. The Balaban J connectivity index is 1.50. The van der Waals surface area contributed by atoms with Crippen LogP contribution in [0.1, 0.15) is 39.3 Å². The second-order valence-corrected chi connectivity index (χ2v) is 8.95. The fourth-order valence-corrected chi connectivity index (χ4v) is 4.32. The fraction of sp³-hybridized carbons (Fsp3) is 0.579. The van der Waals surface area contributed by atoms with Gasteiger partial charge in [-0.2, -0.15) is 0 Å². The van der Waals surface area contributed by atoms with Crippen LogP contribution in [-0.4, -0.2) is 62.9 Å². The van der Waals surface area contributed by atoms with E-state index >= 15 is 0 Å². The lowest BCUT2D eigenvalue weighted by Gasteiger charge is -2.35. The molecule has 0 saturated carbocycles. The Morgan fingerprint density at radius 3 is 2.52 bits per heavy atom. The van der Waals surface area contributed by atoms with Gasteiger partial charge in [-0.25, -0.2) is 4.68 Å². The summed E-state index contributed by atoms with van der Waals surface area (Å²) in [7, 11) is 0. The van der Waals surface area contributed by atoms with E-state index in [0.29, 0.717) is 17.0 Å². The average molecular weight is 390 g/mol. The summed E-state index contributed by atoms with van der Waals surface area (Å²) >= 11 is 1.42. The van der Waals surface area contributed by atoms with Crippen molar-refractivity contribution in [3.8, 4) is 0 Å². The van der Waals surface area contributed by atoms with E-state index in [0.717, 1.165) is 26.2 Å². The van der Waals surface area contributed by atoms with Gasteiger partial charge in [0.2, 0.25) is 11.1 Å². The molecule has 1 aliphatic heterocycles. The molecule has 2 aromatic rings. The number of thioether (sulfide) groups is 1. The van der Waals surface area contributed by atoms with Crippen LogP contribution in [0, 0.1) is 0 Å². The second-order valence-electron chi connectivity index (χ2n) is 8.00. The summed E-state index contributed by atoms with van der Waals surface area (Å²) in [5, 5.41) is 12.5. The molecule has 1 saturated heterocycles. The molecule has 146 valence electrons. The predicted octanol–water partition coefficient (Wildman–Crippen LogP) is 1.01. The summed E-state index contributed by atoms with van der Waals surface area (Å²) in [5.74, 6) is 0.537. The lowest BCUT2D eigenvalue weighted by Crippen LogP contribution is -3.14. The second kappa shape index (κ2) is 8.39. The molecule has 1 N–H and O–H groups in total. The molecule has 0 radical (unpaired) electrons. The number of rotatable bonds is 5. The molecule has 1 aliphatic rings. The molecule has 1 amide bonds. The minimum atomic E-state index is -0.197. The Bertz CT molecular complexity index is 749. The van der Waals surface area contributed by atoms with Crippen LogP contribution in [0.5, 0.6) is 0 Å². The Morgan fingerprint density at radius 2 is 1.89 bits per heavy atom. The normalized spacial score (nSPS) is 17.1. The average Bonchev–Trinajstić information content (AvgIpc) is 3.15. The van der Waals surface area contributed by atoms with E-state index in [-0.39, 0.29) is 11.4 Å². The first-order valence-corrected chi connectivity index (χ1v) is 10.4. The first kappa shape index (κ1) is 19.8.